The van der Waals surface area contributed by atoms with Crippen molar-refractivity contribution in [2.45, 2.75) is 6.18 Å². The van der Waals surface area contributed by atoms with Gasteiger partial charge in [-0.3, -0.25) is 9.59 Å². The number of halogens is 4. The molecule has 0 radical (unpaired) electrons. The Bertz CT molecular complexity index is 776. The van der Waals surface area contributed by atoms with E-state index < -0.39 is 37.0 Å². The molecule has 2 N–H and O–H groups in total. The van der Waals surface area contributed by atoms with Crippen LogP contribution in [0, 0.1) is 5.82 Å². The third kappa shape index (κ3) is 6.08. The zero-order valence-electron chi connectivity index (χ0n) is 13.3. The SMILES string of the molecule is O=C(CNC(=O)c1ccccc1F)Nc1ccc(OCC(F)(F)F)cc1. The van der Waals surface area contributed by atoms with Crippen LogP contribution in [0.3, 0.4) is 0 Å². The lowest BCUT2D eigenvalue weighted by atomic mass is 10.2. The minimum absolute atomic E-state index is 0.00632. The van der Waals surface area contributed by atoms with Gasteiger partial charge in [0.1, 0.15) is 11.6 Å². The number of benzene rings is 2. The van der Waals surface area contributed by atoms with Gasteiger partial charge < -0.3 is 15.4 Å². The number of hydrogen-bond donors (Lipinski definition) is 2. The number of rotatable bonds is 6. The largest absolute Gasteiger partial charge is 0.484 e. The maximum atomic E-state index is 13.4. The molecule has 2 rings (SSSR count). The highest BCUT2D eigenvalue weighted by Crippen LogP contribution is 2.20. The number of anilines is 1. The van der Waals surface area contributed by atoms with E-state index in [1.54, 1.807) is 0 Å². The van der Waals surface area contributed by atoms with Gasteiger partial charge in [0.15, 0.2) is 6.61 Å². The first-order valence-corrected chi connectivity index (χ1v) is 7.37. The second kappa shape index (κ2) is 8.32. The Labute approximate surface area is 146 Å². The predicted molar refractivity (Wildman–Crippen MR) is 85.4 cm³/mol. The number of carbonyl (C=O) groups is 2. The lowest BCUT2D eigenvalue weighted by Crippen LogP contribution is -2.33. The summed E-state index contributed by atoms with van der Waals surface area (Å²) in [6.45, 7) is -1.82. The van der Waals surface area contributed by atoms with Gasteiger partial charge >= 0.3 is 6.18 Å². The van der Waals surface area contributed by atoms with Gasteiger partial charge in [-0.25, -0.2) is 4.39 Å². The first-order valence-electron chi connectivity index (χ1n) is 7.37. The van der Waals surface area contributed by atoms with Crippen LogP contribution in [0.25, 0.3) is 0 Å². The van der Waals surface area contributed by atoms with Crippen molar-refractivity contribution in [2.24, 2.45) is 0 Å². The fourth-order valence-corrected chi connectivity index (χ4v) is 1.91. The highest BCUT2D eigenvalue weighted by Gasteiger charge is 2.28. The molecule has 9 heteroatoms. The van der Waals surface area contributed by atoms with E-state index in [4.69, 9.17) is 0 Å². The molecule has 0 aliphatic carbocycles. The number of alkyl halides is 3. The molecule has 0 aliphatic rings. The normalized spacial score (nSPS) is 10.9. The summed E-state index contributed by atoms with van der Waals surface area (Å²) in [5.41, 5.74) is 0.112. The van der Waals surface area contributed by atoms with Crippen LogP contribution in [-0.4, -0.2) is 31.1 Å². The van der Waals surface area contributed by atoms with E-state index in [1.807, 2.05) is 0 Å². The Balaban J connectivity index is 1.82. The predicted octanol–water partition coefficient (Wildman–Crippen LogP) is 3.14. The molecule has 26 heavy (non-hydrogen) atoms. The zero-order valence-corrected chi connectivity index (χ0v) is 13.3. The number of ether oxygens (including phenoxy) is 1. The lowest BCUT2D eigenvalue weighted by Gasteiger charge is -2.10. The summed E-state index contributed by atoms with van der Waals surface area (Å²) in [4.78, 5) is 23.6. The van der Waals surface area contributed by atoms with Crippen LogP contribution in [0.4, 0.5) is 23.2 Å². The molecule has 0 fully saturated rings. The molecule has 0 heterocycles. The minimum atomic E-state index is -4.44. The third-order valence-electron chi connectivity index (χ3n) is 3.07. The molecule has 0 bridgehead atoms. The Morgan fingerprint density at radius 3 is 2.27 bits per heavy atom. The molecule has 0 spiro atoms. The third-order valence-corrected chi connectivity index (χ3v) is 3.07. The van der Waals surface area contributed by atoms with Crippen LogP contribution >= 0.6 is 0 Å². The molecule has 0 aliphatic heterocycles. The van der Waals surface area contributed by atoms with Gasteiger partial charge in [0.25, 0.3) is 5.91 Å². The summed E-state index contributed by atoms with van der Waals surface area (Å²) in [5, 5.41) is 4.71. The van der Waals surface area contributed by atoms with Gasteiger partial charge in [-0.15, -0.1) is 0 Å². The summed E-state index contributed by atoms with van der Waals surface area (Å²) >= 11 is 0. The maximum Gasteiger partial charge on any atom is 0.422 e. The van der Waals surface area contributed by atoms with Gasteiger partial charge in [-0.1, -0.05) is 12.1 Å². The van der Waals surface area contributed by atoms with Gasteiger partial charge in [-0.05, 0) is 36.4 Å². The Hall–Kier alpha value is -3.10. The minimum Gasteiger partial charge on any atom is -0.484 e. The van der Waals surface area contributed by atoms with Crippen molar-refractivity contribution in [1.82, 2.24) is 5.32 Å². The highest BCUT2D eigenvalue weighted by molar-refractivity contribution is 5.99. The average Bonchev–Trinajstić information content (AvgIpc) is 2.59. The van der Waals surface area contributed by atoms with Gasteiger partial charge in [0.05, 0.1) is 12.1 Å². The van der Waals surface area contributed by atoms with Crippen molar-refractivity contribution in [3.8, 4) is 5.75 Å². The van der Waals surface area contributed by atoms with Crippen molar-refractivity contribution in [3.63, 3.8) is 0 Å². The van der Waals surface area contributed by atoms with Crippen molar-refractivity contribution in [1.29, 1.82) is 0 Å². The van der Waals surface area contributed by atoms with E-state index in [2.05, 4.69) is 15.4 Å². The molecule has 0 saturated carbocycles. The monoisotopic (exact) mass is 370 g/mol. The zero-order chi connectivity index (χ0) is 19.2. The van der Waals surface area contributed by atoms with Gasteiger partial charge in [0, 0.05) is 5.69 Å². The molecule has 2 amide bonds. The van der Waals surface area contributed by atoms with Crippen LogP contribution in [0.5, 0.6) is 5.75 Å². The van der Waals surface area contributed by atoms with E-state index in [0.29, 0.717) is 5.69 Å². The summed E-state index contributed by atoms with van der Waals surface area (Å²) in [7, 11) is 0. The van der Waals surface area contributed by atoms with Gasteiger partial charge in [-0.2, -0.15) is 13.2 Å². The van der Waals surface area contributed by atoms with Crippen molar-refractivity contribution < 1.29 is 31.9 Å². The molecular formula is C17H14F4N2O3. The van der Waals surface area contributed by atoms with E-state index in [0.717, 1.165) is 6.07 Å². The number of amides is 2. The first kappa shape index (κ1) is 19.2. The van der Waals surface area contributed by atoms with Crippen LogP contribution in [0.1, 0.15) is 10.4 Å². The van der Waals surface area contributed by atoms with Crippen molar-refractivity contribution in [2.75, 3.05) is 18.5 Å². The molecule has 0 unspecified atom stereocenters. The molecule has 2 aromatic rings. The molecule has 2 aromatic carbocycles. The Morgan fingerprint density at radius 1 is 1.00 bits per heavy atom. The molecule has 0 saturated heterocycles. The Morgan fingerprint density at radius 2 is 1.65 bits per heavy atom. The van der Waals surface area contributed by atoms with Crippen LogP contribution in [-0.2, 0) is 4.79 Å². The fourth-order valence-electron chi connectivity index (χ4n) is 1.91. The number of nitrogens with one attached hydrogen (secondary N) is 2. The molecule has 5 nitrogen and oxygen atoms in total. The standard InChI is InChI=1S/C17H14F4N2O3/c18-14-4-2-1-3-13(14)16(25)22-9-15(24)23-11-5-7-12(8-6-11)26-10-17(19,20)21/h1-8H,9-10H2,(H,22,25)(H,23,24). The van der Waals surface area contributed by atoms with E-state index >= 15 is 0 Å². The summed E-state index contributed by atoms with van der Waals surface area (Å²) < 4.78 is 54.1. The van der Waals surface area contributed by atoms with Crippen molar-refractivity contribution in [3.05, 3.63) is 59.9 Å². The summed E-state index contributed by atoms with van der Waals surface area (Å²) in [5.74, 6) is -2.04. The van der Waals surface area contributed by atoms with E-state index in [1.165, 1.54) is 42.5 Å². The topological polar surface area (TPSA) is 67.4 Å². The van der Waals surface area contributed by atoms with Crippen LogP contribution in [0.15, 0.2) is 48.5 Å². The average molecular weight is 370 g/mol. The van der Waals surface area contributed by atoms with Gasteiger partial charge in [0.2, 0.25) is 5.91 Å². The summed E-state index contributed by atoms with van der Waals surface area (Å²) in [6, 6.07) is 10.5. The Kier molecular flexibility index (Phi) is 6.16. The van der Waals surface area contributed by atoms with E-state index in [-0.39, 0.29) is 11.3 Å². The molecular weight excluding hydrogens is 356 g/mol. The van der Waals surface area contributed by atoms with Crippen LogP contribution < -0.4 is 15.4 Å². The second-order valence-corrected chi connectivity index (χ2v) is 5.14. The fraction of sp³-hybridized carbons (Fsp3) is 0.176. The lowest BCUT2D eigenvalue weighted by molar-refractivity contribution is -0.153. The van der Waals surface area contributed by atoms with E-state index in [9.17, 15) is 27.2 Å². The first-order chi connectivity index (χ1) is 12.2. The van der Waals surface area contributed by atoms with Crippen molar-refractivity contribution >= 4 is 17.5 Å². The quantitative estimate of drug-likeness (QED) is 0.768. The second-order valence-electron chi connectivity index (χ2n) is 5.14. The highest BCUT2D eigenvalue weighted by atomic mass is 19.4. The molecule has 0 atom stereocenters. The molecule has 0 aromatic heterocycles. The molecule has 138 valence electrons. The maximum absolute atomic E-state index is 13.4. The van der Waals surface area contributed by atoms with Crippen LogP contribution in [0.2, 0.25) is 0 Å². The number of carbonyl (C=O) groups excluding carboxylic acids is 2. The summed E-state index contributed by atoms with van der Waals surface area (Å²) in [6.07, 6.45) is -4.44. The smallest absolute Gasteiger partial charge is 0.422 e. The number of hydrogen-bond acceptors (Lipinski definition) is 3.